The number of fused-ring (bicyclic) bond motifs is 1. The molecule has 0 atom stereocenters. The lowest BCUT2D eigenvalue weighted by molar-refractivity contribution is -0.131. The second kappa shape index (κ2) is 8.49. The van der Waals surface area contributed by atoms with Gasteiger partial charge in [-0.2, -0.15) is 0 Å². The van der Waals surface area contributed by atoms with E-state index in [-0.39, 0.29) is 4.91 Å². The van der Waals surface area contributed by atoms with Crippen molar-refractivity contribution in [3.05, 3.63) is 51.3 Å². The highest BCUT2D eigenvalue weighted by Gasteiger charge is 2.15. The Balaban J connectivity index is 1.96. The molecule has 3 rings (SSSR count). The predicted molar refractivity (Wildman–Crippen MR) is 109 cm³/mol. The number of H-pyrrole nitrogens is 1. The third kappa shape index (κ3) is 4.45. The van der Waals surface area contributed by atoms with Crippen LogP contribution in [-0.4, -0.2) is 34.8 Å². The molecule has 0 bridgehead atoms. The maximum Gasteiger partial charge on any atom is 0.342 e. The molecule has 3 aromatic rings. The van der Waals surface area contributed by atoms with Crippen LogP contribution in [0.4, 0.5) is 0 Å². The van der Waals surface area contributed by atoms with Crippen LogP contribution in [-0.2, 0) is 4.79 Å². The number of nitrogens with one attached hydrogen (secondary N) is 1. The van der Waals surface area contributed by atoms with Crippen LogP contribution < -0.4 is 9.47 Å². The maximum atomic E-state index is 11.7. The summed E-state index contributed by atoms with van der Waals surface area (Å²) in [5.74, 6) is 0.0697. The molecule has 0 amide bonds. The molecule has 0 unspecified atom stereocenters. The molecule has 0 aliphatic carbocycles. The summed E-state index contributed by atoms with van der Waals surface area (Å²) in [4.78, 5) is 19.4. The van der Waals surface area contributed by atoms with E-state index in [1.54, 1.807) is 25.3 Å². The SMILES string of the molecule is CCOc1cc(/C=C(\Sc2nc3ccccc3[nH]2)C(=O)O)cc(Br)c1OC. The van der Waals surface area contributed by atoms with E-state index in [9.17, 15) is 9.90 Å². The summed E-state index contributed by atoms with van der Waals surface area (Å²) in [6.07, 6.45) is 1.58. The standard InChI is InChI=1S/C19H17BrN2O4S/c1-3-26-15-9-11(8-12(20)17(15)25-2)10-16(18(23)24)27-19-21-13-6-4-5-7-14(13)22-19/h4-10H,3H2,1-2H3,(H,21,22)(H,23,24)/b16-10-. The Bertz CT molecular complexity index is 983. The third-order valence-electron chi connectivity index (χ3n) is 3.62. The van der Waals surface area contributed by atoms with Gasteiger partial charge >= 0.3 is 5.97 Å². The molecule has 2 N–H and O–H groups in total. The number of carbonyl (C=O) groups is 1. The molecule has 0 aliphatic rings. The van der Waals surface area contributed by atoms with E-state index in [2.05, 4.69) is 25.9 Å². The van der Waals surface area contributed by atoms with Crippen molar-refractivity contribution in [3.8, 4) is 11.5 Å². The minimum Gasteiger partial charge on any atom is -0.492 e. The maximum absolute atomic E-state index is 11.7. The number of aromatic nitrogens is 2. The van der Waals surface area contributed by atoms with Crippen LogP contribution >= 0.6 is 27.7 Å². The van der Waals surface area contributed by atoms with Gasteiger partial charge in [0.05, 0.1) is 29.2 Å². The van der Waals surface area contributed by atoms with E-state index >= 15 is 0 Å². The van der Waals surface area contributed by atoms with Gasteiger partial charge in [0.25, 0.3) is 0 Å². The molecule has 140 valence electrons. The van der Waals surface area contributed by atoms with E-state index in [0.29, 0.717) is 33.3 Å². The number of methoxy groups -OCH3 is 1. The number of rotatable bonds is 7. The average Bonchev–Trinajstić information content (AvgIpc) is 3.03. The lowest BCUT2D eigenvalue weighted by atomic mass is 10.2. The zero-order valence-electron chi connectivity index (χ0n) is 14.7. The highest BCUT2D eigenvalue weighted by atomic mass is 79.9. The van der Waals surface area contributed by atoms with E-state index in [1.165, 1.54) is 0 Å². The highest BCUT2D eigenvalue weighted by molar-refractivity contribution is 9.10. The first-order valence-electron chi connectivity index (χ1n) is 8.09. The number of benzene rings is 2. The summed E-state index contributed by atoms with van der Waals surface area (Å²) in [6, 6.07) is 11.1. The summed E-state index contributed by atoms with van der Waals surface area (Å²) < 4.78 is 11.6. The Labute approximate surface area is 168 Å². The molecule has 0 radical (unpaired) electrons. The number of aromatic amines is 1. The first-order chi connectivity index (χ1) is 13.0. The fourth-order valence-corrected chi connectivity index (χ4v) is 3.92. The minimum absolute atomic E-state index is 0.133. The van der Waals surface area contributed by atoms with Gasteiger partial charge in [-0.1, -0.05) is 12.1 Å². The number of aliphatic carboxylic acids is 1. The second-order valence-electron chi connectivity index (χ2n) is 5.44. The topological polar surface area (TPSA) is 84.4 Å². The van der Waals surface area contributed by atoms with Crippen molar-refractivity contribution in [2.75, 3.05) is 13.7 Å². The zero-order chi connectivity index (χ0) is 19.4. The quantitative estimate of drug-likeness (QED) is 0.392. The Kier molecular flexibility index (Phi) is 6.08. The predicted octanol–water partition coefficient (Wildman–Crippen LogP) is 4.95. The van der Waals surface area contributed by atoms with E-state index in [1.807, 2.05) is 31.2 Å². The summed E-state index contributed by atoms with van der Waals surface area (Å²) in [7, 11) is 1.55. The zero-order valence-corrected chi connectivity index (χ0v) is 17.1. The first kappa shape index (κ1) is 19.3. The monoisotopic (exact) mass is 448 g/mol. The lowest BCUT2D eigenvalue weighted by Crippen LogP contribution is -1.99. The van der Waals surface area contributed by atoms with Crippen LogP contribution in [0.2, 0.25) is 0 Å². The van der Waals surface area contributed by atoms with Crippen molar-refractivity contribution >= 4 is 50.8 Å². The summed E-state index contributed by atoms with van der Waals surface area (Å²) >= 11 is 4.50. The highest BCUT2D eigenvalue weighted by Crippen LogP contribution is 2.38. The summed E-state index contributed by atoms with van der Waals surface area (Å²) in [5.41, 5.74) is 2.32. The fourth-order valence-electron chi connectivity index (χ4n) is 2.50. The molecule has 0 saturated heterocycles. The van der Waals surface area contributed by atoms with Crippen molar-refractivity contribution in [2.24, 2.45) is 0 Å². The van der Waals surface area contributed by atoms with Gasteiger partial charge in [0.1, 0.15) is 4.91 Å². The molecule has 2 aromatic carbocycles. The van der Waals surface area contributed by atoms with Gasteiger partial charge in [-0.25, -0.2) is 9.78 Å². The van der Waals surface area contributed by atoms with E-state index in [4.69, 9.17) is 9.47 Å². The molecule has 0 aliphatic heterocycles. The molecular weight excluding hydrogens is 432 g/mol. The Morgan fingerprint density at radius 3 is 2.81 bits per heavy atom. The van der Waals surface area contributed by atoms with Crippen LogP contribution in [0.3, 0.4) is 0 Å². The van der Waals surface area contributed by atoms with Crippen molar-refractivity contribution in [2.45, 2.75) is 12.1 Å². The molecular formula is C19H17BrN2O4S. The van der Waals surface area contributed by atoms with Gasteiger partial charge < -0.3 is 19.6 Å². The molecule has 1 heterocycles. The van der Waals surface area contributed by atoms with Gasteiger partial charge in [-0.3, -0.25) is 0 Å². The van der Waals surface area contributed by atoms with Gasteiger partial charge in [0, 0.05) is 0 Å². The lowest BCUT2D eigenvalue weighted by Gasteiger charge is -2.12. The number of hydrogen-bond acceptors (Lipinski definition) is 5. The van der Waals surface area contributed by atoms with E-state index in [0.717, 1.165) is 22.8 Å². The number of nitrogens with zero attached hydrogens (tertiary/aromatic N) is 1. The average molecular weight is 449 g/mol. The van der Waals surface area contributed by atoms with Crippen molar-refractivity contribution in [1.29, 1.82) is 0 Å². The number of thioether (sulfide) groups is 1. The Morgan fingerprint density at radius 1 is 1.37 bits per heavy atom. The molecule has 27 heavy (non-hydrogen) atoms. The number of imidazole rings is 1. The molecule has 8 heteroatoms. The fraction of sp³-hybridized carbons (Fsp3) is 0.158. The van der Waals surface area contributed by atoms with E-state index < -0.39 is 5.97 Å². The molecule has 1 aromatic heterocycles. The van der Waals surface area contributed by atoms with Crippen LogP contribution in [0.5, 0.6) is 11.5 Å². The Hall–Kier alpha value is -2.45. The normalized spacial score (nSPS) is 11.6. The van der Waals surface area contributed by atoms with Crippen LogP contribution in [0.1, 0.15) is 12.5 Å². The largest absolute Gasteiger partial charge is 0.492 e. The molecule has 0 saturated carbocycles. The third-order valence-corrected chi connectivity index (χ3v) is 5.11. The van der Waals surface area contributed by atoms with Gasteiger partial charge in [0.15, 0.2) is 16.7 Å². The van der Waals surface area contributed by atoms with Crippen LogP contribution in [0.15, 0.2) is 50.9 Å². The Morgan fingerprint density at radius 2 is 2.15 bits per heavy atom. The van der Waals surface area contributed by atoms with Gasteiger partial charge in [0.2, 0.25) is 0 Å². The van der Waals surface area contributed by atoms with Crippen LogP contribution in [0, 0.1) is 0 Å². The number of ether oxygens (including phenoxy) is 2. The number of hydrogen-bond donors (Lipinski definition) is 2. The summed E-state index contributed by atoms with van der Waals surface area (Å²) in [5, 5.41) is 10.1. The minimum atomic E-state index is -1.04. The molecule has 0 fully saturated rings. The molecule has 0 spiro atoms. The first-order valence-corrected chi connectivity index (χ1v) is 9.70. The van der Waals surface area contributed by atoms with Crippen molar-refractivity contribution in [3.63, 3.8) is 0 Å². The van der Waals surface area contributed by atoms with Gasteiger partial charge in [-0.05, 0) is 70.5 Å². The number of carboxylic acids is 1. The smallest absolute Gasteiger partial charge is 0.342 e. The van der Waals surface area contributed by atoms with Crippen LogP contribution in [0.25, 0.3) is 17.1 Å². The van der Waals surface area contributed by atoms with Crippen molar-refractivity contribution in [1.82, 2.24) is 9.97 Å². The van der Waals surface area contributed by atoms with Gasteiger partial charge in [-0.15, -0.1) is 0 Å². The number of halogens is 1. The molecule has 6 nitrogen and oxygen atoms in total. The number of carboxylic acid groups (broad SMARTS) is 1. The number of para-hydroxylation sites is 2. The second-order valence-corrected chi connectivity index (χ2v) is 7.33. The summed E-state index contributed by atoms with van der Waals surface area (Å²) in [6.45, 7) is 2.34. The van der Waals surface area contributed by atoms with Crippen molar-refractivity contribution < 1.29 is 19.4 Å².